The molecule has 8 heteroatoms. The Kier molecular flexibility index (Phi) is 13.3. The summed E-state index contributed by atoms with van der Waals surface area (Å²) < 4.78 is 16.8. The van der Waals surface area contributed by atoms with Gasteiger partial charge in [-0.05, 0) is 46.5 Å². The van der Waals surface area contributed by atoms with Gasteiger partial charge in [0, 0.05) is 24.9 Å². The minimum absolute atomic E-state index is 0.0354. The van der Waals surface area contributed by atoms with E-state index in [0.29, 0.717) is 25.5 Å². The van der Waals surface area contributed by atoms with Crippen LogP contribution in [0.15, 0.2) is 0 Å². The first-order valence-corrected chi connectivity index (χ1v) is 11.8. The number of methoxy groups -OCH3 is 1. The molecule has 0 bridgehead atoms. The van der Waals surface area contributed by atoms with E-state index in [9.17, 15) is 19.2 Å². The van der Waals surface area contributed by atoms with Crippen LogP contribution < -0.4 is 5.73 Å². The van der Waals surface area contributed by atoms with Gasteiger partial charge in [0.2, 0.25) is 0 Å². The minimum atomic E-state index is -1.07. The number of aldehydes is 1. The summed E-state index contributed by atoms with van der Waals surface area (Å²) in [6, 6.07) is 0. The highest BCUT2D eigenvalue weighted by molar-refractivity contribution is 5.94. The van der Waals surface area contributed by atoms with Gasteiger partial charge in [0.15, 0.2) is 0 Å². The summed E-state index contributed by atoms with van der Waals surface area (Å²) in [5.41, 5.74) is 3.37. The molecule has 7 atom stereocenters. The van der Waals surface area contributed by atoms with Crippen molar-refractivity contribution >= 4 is 23.9 Å². The van der Waals surface area contributed by atoms with E-state index in [1.54, 1.807) is 34.6 Å². The van der Waals surface area contributed by atoms with Crippen molar-refractivity contribution in [2.75, 3.05) is 13.7 Å². The fourth-order valence-electron chi connectivity index (χ4n) is 4.94. The topological polar surface area (TPSA) is 122 Å². The maximum atomic E-state index is 13.3. The zero-order valence-electron chi connectivity index (χ0n) is 22.0. The van der Waals surface area contributed by atoms with Crippen molar-refractivity contribution in [2.24, 2.45) is 29.4 Å². The number of nitrogens with two attached hydrogens (primary N) is 1. The molecule has 1 amide bonds. The third kappa shape index (κ3) is 9.55. The summed E-state index contributed by atoms with van der Waals surface area (Å²) >= 11 is 0. The largest absolute Gasteiger partial charge is 0.441 e. The Hall–Kier alpha value is -2.24. The van der Waals surface area contributed by atoms with Crippen LogP contribution in [-0.2, 0) is 28.6 Å². The SMILES string of the molecule is C#CCO[C@](C)(CC(C)C(=O)C(C)C=O)C[C@@H](C)C(=O)[C@H](C)C[C@](C)(OC(N)=O)C(CC)OC. The van der Waals surface area contributed by atoms with Crippen LogP contribution in [0.4, 0.5) is 4.79 Å². The van der Waals surface area contributed by atoms with E-state index in [0.717, 1.165) is 0 Å². The normalized spacial score (nSPS) is 19.3. The highest BCUT2D eigenvalue weighted by atomic mass is 16.6. The second-order valence-electron chi connectivity index (χ2n) is 9.85. The number of amides is 1. The molecule has 0 spiro atoms. The third-order valence-electron chi connectivity index (χ3n) is 6.47. The number of ketones is 2. The molecule has 3 unspecified atom stereocenters. The Balaban J connectivity index is 5.60. The summed E-state index contributed by atoms with van der Waals surface area (Å²) in [6.07, 6.45) is 6.11. The molecule has 8 nitrogen and oxygen atoms in total. The predicted molar refractivity (Wildman–Crippen MR) is 130 cm³/mol. The van der Waals surface area contributed by atoms with Gasteiger partial charge < -0.3 is 24.7 Å². The lowest BCUT2D eigenvalue weighted by molar-refractivity contribution is -0.136. The van der Waals surface area contributed by atoms with Gasteiger partial charge in [-0.3, -0.25) is 9.59 Å². The summed E-state index contributed by atoms with van der Waals surface area (Å²) in [4.78, 5) is 48.3. The molecule has 0 saturated carbocycles. The first kappa shape index (κ1) is 31.8. The van der Waals surface area contributed by atoms with E-state index in [1.165, 1.54) is 7.11 Å². The van der Waals surface area contributed by atoms with Crippen molar-refractivity contribution in [3.8, 4) is 12.3 Å². The zero-order chi connectivity index (χ0) is 26.7. The summed E-state index contributed by atoms with van der Waals surface area (Å²) in [7, 11) is 1.52. The molecule has 0 aromatic carbocycles. The molecule has 0 aromatic rings. The second kappa shape index (κ2) is 14.2. The molecule has 2 N–H and O–H groups in total. The van der Waals surface area contributed by atoms with Crippen molar-refractivity contribution in [2.45, 2.75) is 91.5 Å². The van der Waals surface area contributed by atoms with Gasteiger partial charge >= 0.3 is 6.09 Å². The van der Waals surface area contributed by atoms with E-state index in [2.05, 4.69) is 5.92 Å². The first-order valence-electron chi connectivity index (χ1n) is 11.8. The van der Waals surface area contributed by atoms with E-state index in [1.807, 2.05) is 13.8 Å². The van der Waals surface area contributed by atoms with Crippen LogP contribution in [0.2, 0.25) is 0 Å². The van der Waals surface area contributed by atoms with Crippen LogP contribution in [0.5, 0.6) is 0 Å². The monoisotopic (exact) mass is 481 g/mol. The van der Waals surface area contributed by atoms with E-state index in [4.69, 9.17) is 26.4 Å². The fourth-order valence-corrected chi connectivity index (χ4v) is 4.94. The van der Waals surface area contributed by atoms with Gasteiger partial charge in [0.05, 0.1) is 17.6 Å². The van der Waals surface area contributed by atoms with Crippen molar-refractivity contribution in [1.82, 2.24) is 0 Å². The van der Waals surface area contributed by atoms with Crippen LogP contribution in [-0.4, -0.2) is 55.0 Å². The van der Waals surface area contributed by atoms with Gasteiger partial charge in [0.1, 0.15) is 30.1 Å². The van der Waals surface area contributed by atoms with Crippen molar-refractivity contribution in [1.29, 1.82) is 0 Å². The molecular weight excluding hydrogens is 438 g/mol. The van der Waals surface area contributed by atoms with Crippen molar-refractivity contribution in [3.63, 3.8) is 0 Å². The molecule has 0 radical (unpaired) electrons. The number of carbonyl (C=O) groups excluding carboxylic acids is 4. The van der Waals surface area contributed by atoms with Crippen LogP contribution in [0.25, 0.3) is 0 Å². The van der Waals surface area contributed by atoms with Crippen LogP contribution in [0.3, 0.4) is 0 Å². The number of ether oxygens (including phenoxy) is 3. The smallest absolute Gasteiger partial charge is 0.405 e. The lowest BCUT2D eigenvalue weighted by Crippen LogP contribution is -2.48. The molecule has 0 aliphatic heterocycles. The molecule has 34 heavy (non-hydrogen) atoms. The number of terminal acetylenes is 1. The number of rotatable bonds is 17. The van der Waals surface area contributed by atoms with Gasteiger partial charge in [-0.2, -0.15) is 0 Å². The van der Waals surface area contributed by atoms with Gasteiger partial charge in [-0.25, -0.2) is 4.79 Å². The zero-order valence-corrected chi connectivity index (χ0v) is 22.0. The van der Waals surface area contributed by atoms with Crippen LogP contribution in [0, 0.1) is 36.0 Å². The number of hydrogen-bond donors (Lipinski definition) is 1. The lowest BCUT2D eigenvalue weighted by atomic mass is 9.77. The number of Topliss-reactive ketones (excluding diaryl/α,β-unsaturated/α-hetero) is 2. The molecule has 0 fully saturated rings. The molecule has 0 aliphatic carbocycles. The Bertz CT molecular complexity index is 742. The summed E-state index contributed by atoms with van der Waals surface area (Å²) in [5.74, 6) is 0.178. The Morgan fingerprint density at radius 2 is 1.50 bits per heavy atom. The van der Waals surface area contributed by atoms with E-state index < -0.39 is 47.1 Å². The molecule has 0 heterocycles. The Morgan fingerprint density at radius 1 is 1.00 bits per heavy atom. The molecular formula is C26H43NO7. The van der Waals surface area contributed by atoms with Crippen molar-refractivity contribution in [3.05, 3.63) is 0 Å². The number of hydrogen-bond acceptors (Lipinski definition) is 7. The highest BCUT2D eigenvalue weighted by Gasteiger charge is 2.41. The quantitative estimate of drug-likeness (QED) is 0.191. The summed E-state index contributed by atoms with van der Waals surface area (Å²) in [5, 5.41) is 0. The highest BCUT2D eigenvalue weighted by Crippen LogP contribution is 2.34. The van der Waals surface area contributed by atoms with Gasteiger partial charge in [-0.1, -0.05) is 33.6 Å². The lowest BCUT2D eigenvalue weighted by Gasteiger charge is -2.38. The summed E-state index contributed by atoms with van der Waals surface area (Å²) in [6.45, 7) is 12.4. The second-order valence-corrected chi connectivity index (χ2v) is 9.85. The van der Waals surface area contributed by atoms with Crippen LogP contribution in [0.1, 0.15) is 74.1 Å². The standard InChI is InChI=1S/C26H43NO7/c1-10-12-33-25(7,14-18(4)23(30)20(6)16-28)13-17(3)22(29)19(5)15-26(8,34-24(27)31)21(11-2)32-9/h1,16-21H,11-15H2,2-9H3,(H2,27,31)/t17-,18?,19-,20?,21?,25+,26+/m1/s1. The third-order valence-corrected chi connectivity index (χ3v) is 6.47. The van der Waals surface area contributed by atoms with E-state index >= 15 is 0 Å². The number of carbonyl (C=O) groups is 4. The van der Waals surface area contributed by atoms with E-state index in [-0.39, 0.29) is 24.6 Å². The molecule has 0 aromatic heterocycles. The first-order chi connectivity index (χ1) is 15.7. The predicted octanol–water partition coefficient (Wildman–Crippen LogP) is 3.73. The van der Waals surface area contributed by atoms with Gasteiger partial charge in [0.25, 0.3) is 0 Å². The average Bonchev–Trinajstić information content (AvgIpc) is 2.75. The maximum absolute atomic E-state index is 13.3. The van der Waals surface area contributed by atoms with Gasteiger partial charge in [-0.15, -0.1) is 6.42 Å². The number of primary amides is 1. The van der Waals surface area contributed by atoms with Crippen molar-refractivity contribution < 1.29 is 33.4 Å². The Labute approximate surface area is 204 Å². The fraction of sp³-hybridized carbons (Fsp3) is 0.769. The molecule has 0 rings (SSSR count). The minimum Gasteiger partial charge on any atom is -0.441 e. The average molecular weight is 482 g/mol. The molecule has 0 saturated heterocycles. The maximum Gasteiger partial charge on any atom is 0.405 e. The Morgan fingerprint density at radius 3 is 1.91 bits per heavy atom. The van der Waals surface area contributed by atoms with Crippen LogP contribution >= 0.6 is 0 Å². The molecule has 0 aliphatic rings. The molecule has 194 valence electrons.